The van der Waals surface area contributed by atoms with E-state index in [2.05, 4.69) is 15.6 Å². The first kappa shape index (κ1) is 20.3. The van der Waals surface area contributed by atoms with Gasteiger partial charge in [-0.05, 0) is 28.8 Å². The average Bonchev–Trinajstić information content (AvgIpc) is 2.51. The lowest BCUT2D eigenvalue weighted by molar-refractivity contribution is -0.140. The summed E-state index contributed by atoms with van der Waals surface area (Å²) in [5, 5.41) is 14.8. The maximum atomic E-state index is 12.2. The highest BCUT2D eigenvalue weighted by atomic mass is 33.1. The number of rotatable bonds is 9. The van der Waals surface area contributed by atoms with Gasteiger partial charge in [-0.25, -0.2) is 9.78 Å². The summed E-state index contributed by atoms with van der Waals surface area (Å²) in [6, 6.07) is 2.37. The first-order valence-electron chi connectivity index (χ1n) is 7.33. The zero-order chi connectivity index (χ0) is 18.1. The molecule has 1 aromatic rings. The molecule has 1 rings (SSSR count). The van der Waals surface area contributed by atoms with Crippen LogP contribution in [0.15, 0.2) is 23.4 Å². The molecule has 24 heavy (non-hydrogen) atoms. The predicted molar refractivity (Wildman–Crippen MR) is 95.0 cm³/mol. The van der Waals surface area contributed by atoms with Crippen LogP contribution in [0.2, 0.25) is 0 Å². The number of hydrogen-bond donors (Lipinski definition) is 3. The lowest BCUT2D eigenvalue weighted by atomic mass is 10.2. The van der Waals surface area contributed by atoms with Crippen LogP contribution in [0.1, 0.15) is 31.1 Å². The molecule has 1 atom stereocenters. The molecule has 0 radical (unpaired) electrons. The summed E-state index contributed by atoms with van der Waals surface area (Å²) < 4.78 is 0. The molecule has 0 aromatic carbocycles. The monoisotopic (exact) mass is 371 g/mol. The molecular formula is C15H21N3O4S2. The lowest BCUT2D eigenvalue weighted by Crippen LogP contribution is -2.41. The number of nitrogens with one attached hydrogen (secondary N) is 2. The van der Waals surface area contributed by atoms with E-state index in [1.807, 2.05) is 13.8 Å². The Morgan fingerprint density at radius 3 is 2.62 bits per heavy atom. The zero-order valence-corrected chi connectivity index (χ0v) is 15.4. The molecule has 0 aliphatic rings. The maximum Gasteiger partial charge on any atom is 0.327 e. The fourth-order valence-corrected chi connectivity index (χ4v) is 3.84. The van der Waals surface area contributed by atoms with Crippen LogP contribution >= 0.6 is 21.6 Å². The summed E-state index contributed by atoms with van der Waals surface area (Å²) in [7, 11) is 2.43. The quantitative estimate of drug-likeness (QED) is 0.568. The molecule has 9 heteroatoms. The van der Waals surface area contributed by atoms with Crippen LogP contribution in [-0.2, 0) is 9.59 Å². The highest BCUT2D eigenvalue weighted by Crippen LogP contribution is 2.32. The third-order valence-electron chi connectivity index (χ3n) is 2.73. The Hall–Kier alpha value is -1.74. The van der Waals surface area contributed by atoms with Crippen molar-refractivity contribution in [2.45, 2.75) is 31.8 Å². The van der Waals surface area contributed by atoms with E-state index in [0.29, 0.717) is 23.1 Å². The molecule has 0 saturated carbocycles. The van der Waals surface area contributed by atoms with E-state index in [4.69, 9.17) is 5.11 Å². The molecule has 2 amide bonds. The van der Waals surface area contributed by atoms with Gasteiger partial charge in [0.05, 0.1) is 5.56 Å². The van der Waals surface area contributed by atoms with Gasteiger partial charge in [0.1, 0.15) is 11.1 Å². The number of carbonyl (C=O) groups is 3. The van der Waals surface area contributed by atoms with Crippen molar-refractivity contribution in [1.82, 2.24) is 15.6 Å². The van der Waals surface area contributed by atoms with Gasteiger partial charge in [0.2, 0.25) is 5.91 Å². The predicted octanol–water partition coefficient (Wildman–Crippen LogP) is 1.80. The summed E-state index contributed by atoms with van der Waals surface area (Å²) >= 11 is 0. The van der Waals surface area contributed by atoms with Crippen LogP contribution in [-0.4, -0.2) is 46.2 Å². The number of carboxylic acid groups (broad SMARTS) is 1. The van der Waals surface area contributed by atoms with Crippen molar-refractivity contribution in [3.8, 4) is 0 Å². The third kappa shape index (κ3) is 7.22. The van der Waals surface area contributed by atoms with E-state index in [1.54, 1.807) is 18.3 Å². The molecule has 0 saturated heterocycles. The van der Waals surface area contributed by atoms with Crippen LogP contribution in [0, 0.1) is 5.92 Å². The highest BCUT2D eigenvalue weighted by Gasteiger charge is 2.20. The maximum absolute atomic E-state index is 12.2. The minimum Gasteiger partial charge on any atom is -0.480 e. The summed E-state index contributed by atoms with van der Waals surface area (Å²) in [6.45, 7) is 5.84. The fourth-order valence-electron chi connectivity index (χ4n) is 1.60. The molecule has 0 bridgehead atoms. The summed E-state index contributed by atoms with van der Waals surface area (Å²) in [5.41, 5.74) is 0.446. The van der Waals surface area contributed by atoms with E-state index in [9.17, 15) is 14.4 Å². The summed E-state index contributed by atoms with van der Waals surface area (Å²) in [4.78, 5) is 38.5. The van der Waals surface area contributed by atoms with Crippen molar-refractivity contribution >= 4 is 39.4 Å². The number of nitrogens with zero attached hydrogens (tertiary/aromatic N) is 1. The largest absolute Gasteiger partial charge is 0.480 e. The van der Waals surface area contributed by atoms with Gasteiger partial charge in [0.15, 0.2) is 0 Å². The second kappa shape index (κ2) is 10.2. The van der Waals surface area contributed by atoms with Gasteiger partial charge in [-0.3, -0.25) is 9.59 Å². The standard InChI is InChI=1S/C15H21N3O4S2/c1-9(2)7-17-13(20)11-5-4-6-16-14(11)24-23-8-12(15(21)22)18-10(3)19/h4-6,9,12H,7-8H2,1-3H3,(H,17,20)(H,18,19)(H,21,22)/t12-/m0/s1. The van der Waals surface area contributed by atoms with E-state index in [-0.39, 0.29) is 11.7 Å². The number of hydrogen-bond acceptors (Lipinski definition) is 6. The van der Waals surface area contributed by atoms with E-state index in [0.717, 1.165) is 0 Å². The van der Waals surface area contributed by atoms with Crippen molar-refractivity contribution in [2.24, 2.45) is 5.92 Å². The second-order valence-electron chi connectivity index (χ2n) is 5.42. The second-order valence-corrected chi connectivity index (χ2v) is 7.75. The van der Waals surface area contributed by atoms with E-state index in [1.165, 1.54) is 28.5 Å². The topological polar surface area (TPSA) is 108 Å². The molecule has 132 valence electrons. The minimum absolute atomic E-state index is 0.156. The zero-order valence-electron chi connectivity index (χ0n) is 13.7. The van der Waals surface area contributed by atoms with Crippen LogP contribution < -0.4 is 10.6 Å². The Bertz CT molecular complexity index is 596. The van der Waals surface area contributed by atoms with Gasteiger partial charge < -0.3 is 15.7 Å². The Morgan fingerprint density at radius 2 is 2.04 bits per heavy atom. The Kier molecular flexibility index (Phi) is 8.62. The van der Waals surface area contributed by atoms with Crippen molar-refractivity contribution in [2.75, 3.05) is 12.3 Å². The van der Waals surface area contributed by atoms with Gasteiger partial charge in [-0.15, -0.1) is 0 Å². The third-order valence-corrected chi connectivity index (χ3v) is 5.04. The molecule has 0 aliphatic carbocycles. The van der Waals surface area contributed by atoms with E-state index >= 15 is 0 Å². The molecule has 0 spiro atoms. The number of carboxylic acids is 1. The van der Waals surface area contributed by atoms with Crippen LogP contribution in [0.4, 0.5) is 0 Å². The molecule has 3 N–H and O–H groups in total. The smallest absolute Gasteiger partial charge is 0.327 e. The molecule has 1 heterocycles. The van der Waals surface area contributed by atoms with Crippen molar-refractivity contribution < 1.29 is 19.5 Å². The molecule has 0 aliphatic heterocycles. The van der Waals surface area contributed by atoms with Gasteiger partial charge in [0.25, 0.3) is 5.91 Å². The molecular weight excluding hydrogens is 350 g/mol. The number of aromatic nitrogens is 1. The molecule has 7 nitrogen and oxygen atoms in total. The first-order valence-corrected chi connectivity index (χ1v) is 9.65. The van der Waals surface area contributed by atoms with Gasteiger partial charge >= 0.3 is 5.97 Å². The fraction of sp³-hybridized carbons (Fsp3) is 0.467. The normalized spacial score (nSPS) is 11.8. The molecule has 0 fully saturated rings. The lowest BCUT2D eigenvalue weighted by Gasteiger charge is -2.13. The first-order chi connectivity index (χ1) is 11.3. The van der Waals surface area contributed by atoms with Crippen molar-refractivity contribution in [3.63, 3.8) is 0 Å². The van der Waals surface area contributed by atoms with Crippen LogP contribution in [0.3, 0.4) is 0 Å². The minimum atomic E-state index is -1.10. The van der Waals surface area contributed by atoms with Gasteiger partial charge in [-0.1, -0.05) is 24.6 Å². The average molecular weight is 371 g/mol. The summed E-state index contributed by atoms with van der Waals surface area (Å²) in [6.07, 6.45) is 1.57. The SMILES string of the molecule is CC(=O)N[C@@H](CSSc1ncccc1C(=O)NCC(C)C)C(=O)O. The van der Waals surface area contributed by atoms with Crippen LogP contribution in [0.5, 0.6) is 0 Å². The Balaban J connectivity index is 2.66. The van der Waals surface area contributed by atoms with Crippen LogP contribution in [0.25, 0.3) is 0 Å². The Morgan fingerprint density at radius 1 is 1.33 bits per heavy atom. The van der Waals surface area contributed by atoms with Crippen molar-refractivity contribution in [3.05, 3.63) is 23.9 Å². The number of aliphatic carboxylic acids is 1. The summed E-state index contributed by atoms with van der Waals surface area (Å²) in [5.74, 6) is -1.22. The number of pyridine rings is 1. The molecule has 0 unspecified atom stereocenters. The Labute approximate surface area is 148 Å². The van der Waals surface area contributed by atoms with Gasteiger partial charge in [-0.2, -0.15) is 0 Å². The van der Waals surface area contributed by atoms with Crippen molar-refractivity contribution in [1.29, 1.82) is 0 Å². The molecule has 1 aromatic heterocycles. The number of carbonyl (C=O) groups excluding carboxylic acids is 2. The van der Waals surface area contributed by atoms with E-state index < -0.39 is 17.9 Å². The number of amides is 2. The highest BCUT2D eigenvalue weighted by molar-refractivity contribution is 8.76. The van der Waals surface area contributed by atoms with Gasteiger partial charge in [0, 0.05) is 25.4 Å².